The highest BCUT2D eigenvalue weighted by molar-refractivity contribution is 7.59. The second-order valence-corrected chi connectivity index (χ2v) is 5.70. The number of para-hydroxylation sites is 1. The Bertz CT molecular complexity index is 356. The van der Waals surface area contributed by atoms with E-state index in [1.165, 1.54) is 0 Å². The van der Waals surface area contributed by atoms with Gasteiger partial charge >= 0.3 is 0 Å². The Kier molecular flexibility index (Phi) is 4.38. The van der Waals surface area contributed by atoms with Crippen molar-refractivity contribution in [1.82, 2.24) is 0 Å². The van der Waals surface area contributed by atoms with Crippen LogP contribution >= 0.6 is 7.37 Å². The maximum atomic E-state index is 12.2. The summed E-state index contributed by atoms with van der Waals surface area (Å²) >= 11 is 0. The average molecular weight is 222 g/mol. The maximum Gasteiger partial charge on any atom is 0.255 e. The molecule has 80 valence electrons. The van der Waals surface area contributed by atoms with Crippen molar-refractivity contribution < 1.29 is 9.09 Å². The van der Waals surface area contributed by atoms with Crippen LogP contribution in [0.2, 0.25) is 0 Å². The van der Waals surface area contributed by atoms with Gasteiger partial charge in [-0.15, -0.1) is 13.2 Å². The molecule has 2 nitrogen and oxygen atoms in total. The van der Waals surface area contributed by atoms with Crippen molar-refractivity contribution >= 4 is 7.37 Å². The Morgan fingerprint density at radius 2 is 1.67 bits per heavy atom. The summed E-state index contributed by atoms with van der Waals surface area (Å²) < 4.78 is 17.7. The summed E-state index contributed by atoms with van der Waals surface area (Å²) in [6.45, 7) is 7.17. The van der Waals surface area contributed by atoms with E-state index < -0.39 is 7.37 Å². The minimum Gasteiger partial charge on any atom is -0.442 e. The Morgan fingerprint density at radius 3 is 2.13 bits per heavy atom. The highest BCUT2D eigenvalue weighted by Gasteiger charge is 2.20. The van der Waals surface area contributed by atoms with E-state index in [-0.39, 0.29) is 0 Å². The predicted molar refractivity (Wildman–Crippen MR) is 64.8 cm³/mol. The van der Waals surface area contributed by atoms with Gasteiger partial charge in [0.05, 0.1) is 12.3 Å². The highest BCUT2D eigenvalue weighted by Crippen LogP contribution is 2.46. The Balaban J connectivity index is 2.79. The molecule has 0 heterocycles. The molecule has 1 aromatic carbocycles. The Morgan fingerprint density at radius 1 is 1.13 bits per heavy atom. The van der Waals surface area contributed by atoms with Crippen LogP contribution in [0.5, 0.6) is 5.75 Å². The molecule has 0 saturated carbocycles. The first-order valence-corrected chi connectivity index (χ1v) is 6.74. The van der Waals surface area contributed by atoms with Crippen molar-refractivity contribution in [1.29, 1.82) is 0 Å². The molecule has 0 spiro atoms. The molecule has 0 bridgehead atoms. The van der Waals surface area contributed by atoms with Gasteiger partial charge in [0.15, 0.2) is 0 Å². The minimum atomic E-state index is -2.68. The standard InChI is InChI=1S/C12H15O2P/c1-3-10-15(13,11-4-2)14-12-8-6-5-7-9-12/h3-9H,1-2,10-11H2. The van der Waals surface area contributed by atoms with Gasteiger partial charge in [-0.05, 0) is 12.1 Å². The molecule has 0 aliphatic heterocycles. The van der Waals surface area contributed by atoms with Crippen molar-refractivity contribution in [3.05, 3.63) is 55.6 Å². The van der Waals surface area contributed by atoms with Gasteiger partial charge in [0.2, 0.25) is 0 Å². The fourth-order valence-corrected chi connectivity index (χ4v) is 2.81. The van der Waals surface area contributed by atoms with Crippen LogP contribution in [0.3, 0.4) is 0 Å². The van der Waals surface area contributed by atoms with Crippen molar-refractivity contribution in [3.63, 3.8) is 0 Å². The first-order chi connectivity index (χ1) is 7.20. The van der Waals surface area contributed by atoms with E-state index in [4.69, 9.17) is 4.52 Å². The third-order valence-corrected chi connectivity index (χ3v) is 4.00. The average Bonchev–Trinajstić information content (AvgIpc) is 2.19. The minimum absolute atomic E-state index is 0.369. The van der Waals surface area contributed by atoms with E-state index in [1.54, 1.807) is 24.3 Å². The van der Waals surface area contributed by atoms with Crippen LogP contribution in [0.15, 0.2) is 55.6 Å². The van der Waals surface area contributed by atoms with Crippen molar-refractivity contribution in [2.24, 2.45) is 0 Å². The molecule has 0 N–H and O–H groups in total. The molecule has 0 aromatic heterocycles. The molecule has 1 aromatic rings. The lowest BCUT2D eigenvalue weighted by Crippen LogP contribution is -1.99. The smallest absolute Gasteiger partial charge is 0.255 e. The Hall–Kier alpha value is -1.27. The SMILES string of the molecule is C=CCP(=O)(CC=C)Oc1ccccc1. The molecule has 0 amide bonds. The molecule has 0 aliphatic carbocycles. The summed E-state index contributed by atoms with van der Waals surface area (Å²) in [6.07, 6.45) is 3.97. The third kappa shape index (κ3) is 3.77. The van der Waals surface area contributed by atoms with Gasteiger partial charge in [-0.2, -0.15) is 0 Å². The number of hydrogen-bond acceptors (Lipinski definition) is 2. The molecule has 3 heteroatoms. The van der Waals surface area contributed by atoms with Gasteiger partial charge in [-0.3, -0.25) is 4.57 Å². The van der Waals surface area contributed by atoms with Gasteiger partial charge in [-0.25, -0.2) is 0 Å². The van der Waals surface area contributed by atoms with Crippen LogP contribution in [-0.4, -0.2) is 12.3 Å². The lowest BCUT2D eigenvalue weighted by molar-refractivity contribution is 0.487. The summed E-state index contributed by atoms with van der Waals surface area (Å²) in [4.78, 5) is 0. The zero-order valence-electron chi connectivity index (χ0n) is 8.63. The molecule has 0 unspecified atom stereocenters. The topological polar surface area (TPSA) is 26.3 Å². The normalized spacial score (nSPS) is 10.7. The van der Waals surface area contributed by atoms with E-state index in [9.17, 15) is 4.57 Å². The third-order valence-electron chi connectivity index (χ3n) is 1.83. The fraction of sp³-hybridized carbons (Fsp3) is 0.167. The van der Waals surface area contributed by atoms with Crippen molar-refractivity contribution in [2.75, 3.05) is 12.3 Å². The molecular weight excluding hydrogens is 207 g/mol. The first-order valence-electron chi connectivity index (χ1n) is 4.75. The van der Waals surface area contributed by atoms with Crippen LogP contribution in [-0.2, 0) is 4.57 Å². The number of benzene rings is 1. The molecule has 0 atom stereocenters. The molecular formula is C12H15O2P. The second kappa shape index (κ2) is 5.57. The summed E-state index contributed by atoms with van der Waals surface area (Å²) in [5.41, 5.74) is 0. The maximum absolute atomic E-state index is 12.2. The van der Waals surface area contributed by atoms with Gasteiger partial charge in [-0.1, -0.05) is 30.4 Å². The monoisotopic (exact) mass is 222 g/mol. The number of hydrogen-bond donors (Lipinski definition) is 0. The molecule has 15 heavy (non-hydrogen) atoms. The summed E-state index contributed by atoms with van der Waals surface area (Å²) in [6, 6.07) is 9.17. The van der Waals surface area contributed by atoms with Gasteiger partial charge in [0, 0.05) is 0 Å². The van der Waals surface area contributed by atoms with E-state index in [0.29, 0.717) is 18.1 Å². The zero-order valence-corrected chi connectivity index (χ0v) is 9.53. The van der Waals surface area contributed by atoms with Crippen molar-refractivity contribution in [2.45, 2.75) is 0 Å². The van der Waals surface area contributed by atoms with Crippen LogP contribution in [0.1, 0.15) is 0 Å². The molecule has 0 radical (unpaired) electrons. The second-order valence-electron chi connectivity index (χ2n) is 3.16. The lowest BCUT2D eigenvalue weighted by atomic mass is 10.3. The lowest BCUT2D eigenvalue weighted by Gasteiger charge is -2.16. The Labute approximate surface area is 90.7 Å². The first kappa shape index (κ1) is 11.8. The highest BCUT2D eigenvalue weighted by atomic mass is 31.2. The largest absolute Gasteiger partial charge is 0.442 e. The van der Waals surface area contributed by atoms with Crippen LogP contribution < -0.4 is 4.52 Å². The fourth-order valence-electron chi connectivity index (χ4n) is 1.22. The quantitative estimate of drug-likeness (QED) is 0.541. The van der Waals surface area contributed by atoms with Crippen LogP contribution in [0, 0.1) is 0 Å². The van der Waals surface area contributed by atoms with Gasteiger partial charge < -0.3 is 4.52 Å². The summed E-state index contributed by atoms with van der Waals surface area (Å²) in [7, 11) is -2.68. The number of rotatable bonds is 6. The van der Waals surface area contributed by atoms with E-state index in [0.717, 1.165) is 0 Å². The molecule has 0 fully saturated rings. The van der Waals surface area contributed by atoms with E-state index >= 15 is 0 Å². The summed E-state index contributed by atoms with van der Waals surface area (Å²) in [5, 5.41) is 0. The summed E-state index contributed by atoms with van der Waals surface area (Å²) in [5.74, 6) is 0.629. The van der Waals surface area contributed by atoms with Crippen LogP contribution in [0.4, 0.5) is 0 Å². The molecule has 0 aliphatic rings. The molecule has 1 rings (SSSR count). The van der Waals surface area contributed by atoms with E-state index in [1.807, 2.05) is 18.2 Å². The zero-order chi connectivity index (χ0) is 11.1. The van der Waals surface area contributed by atoms with E-state index in [2.05, 4.69) is 13.2 Å². The van der Waals surface area contributed by atoms with Gasteiger partial charge in [0.1, 0.15) is 5.75 Å². The van der Waals surface area contributed by atoms with Crippen LogP contribution in [0.25, 0.3) is 0 Å². The van der Waals surface area contributed by atoms with Crippen molar-refractivity contribution in [3.8, 4) is 5.75 Å². The molecule has 0 saturated heterocycles. The number of allylic oxidation sites excluding steroid dienone is 2. The predicted octanol–water partition coefficient (Wildman–Crippen LogP) is 3.72. The van der Waals surface area contributed by atoms with Gasteiger partial charge in [0.25, 0.3) is 7.37 Å².